The molecule has 1 aromatic heterocycles. The molecule has 0 saturated heterocycles. The minimum atomic E-state index is -3.61. The van der Waals surface area contributed by atoms with E-state index in [0.29, 0.717) is 0 Å². The molecule has 0 unspecified atom stereocenters. The number of nitrogens with zero attached hydrogens (tertiary/aromatic N) is 3. The van der Waals surface area contributed by atoms with Gasteiger partial charge in [-0.3, -0.25) is 4.68 Å². The van der Waals surface area contributed by atoms with Crippen LogP contribution in [0.1, 0.15) is 12.5 Å². The molecule has 0 bridgehead atoms. The fourth-order valence-electron chi connectivity index (χ4n) is 1.08. The molecule has 0 atom stereocenters. The molecule has 7 heteroatoms. The molecular weight excluding hydrogens is 204 g/mol. The molecule has 0 aromatic carbocycles. The third kappa shape index (κ3) is 1.76. The van der Waals surface area contributed by atoms with E-state index in [1.807, 2.05) is 0 Å². The van der Waals surface area contributed by atoms with E-state index >= 15 is 0 Å². The molecule has 6 nitrogen and oxygen atoms in total. The van der Waals surface area contributed by atoms with Crippen molar-refractivity contribution < 1.29 is 8.42 Å². The highest BCUT2D eigenvalue weighted by atomic mass is 32.2. The highest BCUT2D eigenvalue weighted by Gasteiger charge is 2.22. The Labute approximate surface area is 82.2 Å². The lowest BCUT2D eigenvalue weighted by molar-refractivity contribution is 0.564. The summed E-state index contributed by atoms with van der Waals surface area (Å²) >= 11 is 0. The van der Waals surface area contributed by atoms with E-state index in [9.17, 15) is 8.42 Å². The standard InChI is InChI=1S/C7H10N4O2S/c1-3-10-14(12,13)7-6(4-8)5-9-11(7)2/h5,10H,3H2,1-2H3. The van der Waals surface area contributed by atoms with E-state index in [-0.39, 0.29) is 17.1 Å². The van der Waals surface area contributed by atoms with Gasteiger partial charge in [-0.1, -0.05) is 6.92 Å². The second-order valence-corrected chi connectivity index (χ2v) is 4.28. The zero-order chi connectivity index (χ0) is 10.8. The normalized spacial score (nSPS) is 11.2. The van der Waals surface area contributed by atoms with Gasteiger partial charge in [-0.15, -0.1) is 0 Å². The van der Waals surface area contributed by atoms with Crippen LogP contribution in [0.4, 0.5) is 0 Å². The zero-order valence-electron chi connectivity index (χ0n) is 7.85. The third-order valence-electron chi connectivity index (χ3n) is 1.59. The van der Waals surface area contributed by atoms with Crippen LogP contribution in [0, 0.1) is 11.3 Å². The Morgan fingerprint density at radius 2 is 2.36 bits per heavy atom. The van der Waals surface area contributed by atoms with Crippen LogP contribution < -0.4 is 4.72 Å². The van der Waals surface area contributed by atoms with Crippen LogP contribution >= 0.6 is 0 Å². The molecule has 0 amide bonds. The number of aromatic nitrogens is 2. The number of sulfonamides is 1. The van der Waals surface area contributed by atoms with Gasteiger partial charge in [0.2, 0.25) is 0 Å². The summed E-state index contributed by atoms with van der Waals surface area (Å²) in [6.07, 6.45) is 1.23. The predicted molar refractivity (Wildman–Crippen MR) is 48.8 cm³/mol. The molecule has 1 heterocycles. The minimum absolute atomic E-state index is 0.0495. The van der Waals surface area contributed by atoms with Gasteiger partial charge in [0.05, 0.1) is 6.20 Å². The fraction of sp³-hybridized carbons (Fsp3) is 0.429. The summed E-state index contributed by atoms with van der Waals surface area (Å²) in [7, 11) is -2.14. The predicted octanol–water partition coefficient (Wildman–Crippen LogP) is -0.410. The Kier molecular flexibility index (Phi) is 2.88. The van der Waals surface area contributed by atoms with Crippen molar-refractivity contribution in [2.75, 3.05) is 6.54 Å². The van der Waals surface area contributed by atoms with Gasteiger partial charge >= 0.3 is 0 Å². The average molecular weight is 214 g/mol. The van der Waals surface area contributed by atoms with Crippen LogP contribution in [0.2, 0.25) is 0 Å². The minimum Gasteiger partial charge on any atom is -0.255 e. The number of hydrogen-bond donors (Lipinski definition) is 1. The molecule has 0 fully saturated rings. The summed E-state index contributed by atoms with van der Waals surface area (Å²) < 4.78 is 26.6. The van der Waals surface area contributed by atoms with Crippen molar-refractivity contribution in [3.05, 3.63) is 11.8 Å². The number of hydrogen-bond acceptors (Lipinski definition) is 4. The fourth-order valence-corrected chi connectivity index (χ4v) is 2.38. The van der Waals surface area contributed by atoms with Crippen LogP contribution in [0.15, 0.2) is 11.2 Å². The maximum absolute atomic E-state index is 11.6. The maximum atomic E-state index is 11.6. The molecule has 0 aliphatic heterocycles. The number of nitrogens with one attached hydrogen (secondary N) is 1. The Hall–Kier alpha value is -1.39. The van der Waals surface area contributed by atoms with Crippen molar-refractivity contribution in [1.82, 2.24) is 14.5 Å². The molecule has 0 aliphatic rings. The van der Waals surface area contributed by atoms with E-state index in [1.165, 1.54) is 13.2 Å². The molecule has 1 rings (SSSR count). The smallest absolute Gasteiger partial charge is 0.255 e. The van der Waals surface area contributed by atoms with Crippen LogP contribution in [-0.2, 0) is 17.1 Å². The molecule has 0 spiro atoms. The lowest BCUT2D eigenvalue weighted by atomic mass is 10.4. The van der Waals surface area contributed by atoms with Gasteiger partial charge in [-0.2, -0.15) is 10.4 Å². The van der Waals surface area contributed by atoms with Gasteiger partial charge in [0.25, 0.3) is 10.0 Å². The summed E-state index contributed by atoms with van der Waals surface area (Å²) in [6, 6.07) is 1.78. The van der Waals surface area contributed by atoms with Gasteiger partial charge < -0.3 is 0 Å². The van der Waals surface area contributed by atoms with Crippen LogP contribution in [0.25, 0.3) is 0 Å². The quantitative estimate of drug-likeness (QED) is 0.740. The molecule has 1 N–H and O–H groups in total. The number of nitriles is 1. The van der Waals surface area contributed by atoms with Crippen molar-refractivity contribution in [3.8, 4) is 6.07 Å². The van der Waals surface area contributed by atoms with Gasteiger partial charge in [-0.05, 0) is 0 Å². The highest BCUT2D eigenvalue weighted by Crippen LogP contribution is 2.12. The first-order valence-corrected chi connectivity index (χ1v) is 5.43. The lowest BCUT2D eigenvalue weighted by Gasteiger charge is -2.04. The molecule has 14 heavy (non-hydrogen) atoms. The van der Waals surface area contributed by atoms with Crippen molar-refractivity contribution in [2.24, 2.45) is 7.05 Å². The van der Waals surface area contributed by atoms with Gasteiger partial charge in [-0.25, -0.2) is 13.1 Å². The van der Waals surface area contributed by atoms with E-state index in [4.69, 9.17) is 5.26 Å². The number of rotatable bonds is 3. The zero-order valence-corrected chi connectivity index (χ0v) is 8.67. The van der Waals surface area contributed by atoms with E-state index in [0.717, 1.165) is 4.68 Å². The molecule has 0 radical (unpaired) electrons. The largest absolute Gasteiger partial charge is 0.259 e. The van der Waals surface area contributed by atoms with Crippen molar-refractivity contribution in [2.45, 2.75) is 11.9 Å². The maximum Gasteiger partial charge on any atom is 0.259 e. The third-order valence-corrected chi connectivity index (χ3v) is 3.26. The monoisotopic (exact) mass is 214 g/mol. The van der Waals surface area contributed by atoms with Gasteiger partial charge in [0.15, 0.2) is 5.03 Å². The van der Waals surface area contributed by atoms with Crippen molar-refractivity contribution >= 4 is 10.0 Å². The summed E-state index contributed by atoms with van der Waals surface area (Å²) in [5, 5.41) is 12.3. The Balaban J connectivity index is 3.32. The first-order chi connectivity index (χ1) is 6.53. The molecule has 0 aliphatic carbocycles. The molecule has 76 valence electrons. The van der Waals surface area contributed by atoms with Gasteiger partial charge in [0.1, 0.15) is 11.6 Å². The Morgan fingerprint density at radius 1 is 1.71 bits per heavy atom. The Bertz CT molecular complexity index is 468. The topological polar surface area (TPSA) is 87.8 Å². The highest BCUT2D eigenvalue weighted by molar-refractivity contribution is 7.89. The Morgan fingerprint density at radius 3 is 2.86 bits per heavy atom. The number of aryl methyl sites for hydroxylation is 1. The van der Waals surface area contributed by atoms with Gasteiger partial charge in [0, 0.05) is 13.6 Å². The van der Waals surface area contributed by atoms with E-state index in [1.54, 1.807) is 13.0 Å². The molecular formula is C7H10N4O2S. The lowest BCUT2D eigenvalue weighted by Crippen LogP contribution is -2.26. The van der Waals surface area contributed by atoms with Crippen LogP contribution in [0.3, 0.4) is 0 Å². The van der Waals surface area contributed by atoms with Crippen molar-refractivity contribution in [1.29, 1.82) is 5.26 Å². The van der Waals surface area contributed by atoms with E-state index in [2.05, 4.69) is 9.82 Å². The van der Waals surface area contributed by atoms with E-state index < -0.39 is 10.0 Å². The summed E-state index contributed by atoms with van der Waals surface area (Å²) in [5.41, 5.74) is 0.0495. The SMILES string of the molecule is CCNS(=O)(=O)c1c(C#N)cnn1C. The first kappa shape index (κ1) is 10.7. The molecule has 0 saturated carbocycles. The summed E-state index contributed by atoms with van der Waals surface area (Å²) in [6.45, 7) is 1.94. The summed E-state index contributed by atoms with van der Waals surface area (Å²) in [4.78, 5) is 0. The van der Waals surface area contributed by atoms with Crippen LogP contribution in [0.5, 0.6) is 0 Å². The molecule has 1 aromatic rings. The average Bonchev–Trinajstić information content (AvgIpc) is 2.47. The van der Waals surface area contributed by atoms with Crippen LogP contribution in [-0.4, -0.2) is 24.7 Å². The van der Waals surface area contributed by atoms with Crippen molar-refractivity contribution in [3.63, 3.8) is 0 Å². The summed E-state index contributed by atoms with van der Waals surface area (Å²) in [5.74, 6) is 0. The second-order valence-electron chi connectivity index (χ2n) is 2.60. The first-order valence-electron chi connectivity index (χ1n) is 3.94. The second kappa shape index (κ2) is 3.77.